The Hall–Kier alpha value is -4.88. The van der Waals surface area contributed by atoms with Crippen molar-refractivity contribution in [3.8, 4) is 33.5 Å². The van der Waals surface area contributed by atoms with E-state index in [1.165, 1.54) is 82.3 Å². The Morgan fingerprint density at radius 2 is 1.13 bits per heavy atom. The van der Waals surface area contributed by atoms with Gasteiger partial charge in [-0.25, -0.2) is 0 Å². The van der Waals surface area contributed by atoms with Crippen molar-refractivity contribution in [2.24, 2.45) is 7.05 Å². The second-order valence-electron chi connectivity index (χ2n) is 10.7. The summed E-state index contributed by atoms with van der Waals surface area (Å²) in [4.78, 5) is 0. The minimum Gasteiger partial charge on any atom is -0.344 e. The number of hydrogen-bond donors (Lipinski definition) is 0. The highest BCUT2D eigenvalue weighted by atomic mass is 14.9. The van der Waals surface area contributed by atoms with Gasteiger partial charge in [-0.1, -0.05) is 103 Å². The first kappa shape index (κ1) is 22.1. The van der Waals surface area contributed by atoms with E-state index < -0.39 is 0 Å². The van der Waals surface area contributed by atoms with Crippen molar-refractivity contribution in [1.82, 2.24) is 4.57 Å². The zero-order chi connectivity index (χ0) is 26.1. The van der Waals surface area contributed by atoms with Crippen LogP contribution in [0.2, 0.25) is 0 Å². The number of fused-ring (bicyclic) bond motifs is 1. The summed E-state index contributed by atoms with van der Waals surface area (Å²) >= 11 is 0. The Labute approximate surface area is 227 Å². The number of rotatable bonds is 3. The van der Waals surface area contributed by atoms with Gasteiger partial charge in [0, 0.05) is 29.2 Å². The lowest BCUT2D eigenvalue weighted by molar-refractivity contribution is 0.980. The zero-order valence-electron chi connectivity index (χ0n) is 22.1. The van der Waals surface area contributed by atoms with Gasteiger partial charge in [0.2, 0.25) is 0 Å². The molecule has 0 bridgehead atoms. The van der Waals surface area contributed by atoms with Gasteiger partial charge in [-0.3, -0.25) is 0 Å². The molecule has 0 N–H and O–H groups in total. The van der Waals surface area contributed by atoms with Crippen molar-refractivity contribution >= 4 is 43.2 Å². The van der Waals surface area contributed by atoms with Crippen molar-refractivity contribution in [3.63, 3.8) is 0 Å². The van der Waals surface area contributed by atoms with Gasteiger partial charge in [0.25, 0.3) is 0 Å². The summed E-state index contributed by atoms with van der Waals surface area (Å²) in [5.41, 5.74) is 10.1. The summed E-state index contributed by atoms with van der Waals surface area (Å²) < 4.78 is 2.34. The van der Waals surface area contributed by atoms with Gasteiger partial charge in [0.05, 0.1) is 0 Å². The topological polar surface area (TPSA) is 4.93 Å². The Morgan fingerprint density at radius 3 is 1.85 bits per heavy atom. The second-order valence-corrected chi connectivity index (χ2v) is 10.7. The summed E-state index contributed by atoms with van der Waals surface area (Å²) in [6.07, 6.45) is 0. The first-order valence-corrected chi connectivity index (χ1v) is 13.6. The van der Waals surface area contributed by atoms with Crippen molar-refractivity contribution in [2.45, 2.75) is 6.92 Å². The predicted molar refractivity (Wildman–Crippen MR) is 168 cm³/mol. The van der Waals surface area contributed by atoms with Crippen LogP contribution in [0.25, 0.3) is 76.7 Å². The van der Waals surface area contributed by atoms with E-state index in [0.29, 0.717) is 0 Å². The van der Waals surface area contributed by atoms with Gasteiger partial charge >= 0.3 is 0 Å². The normalized spacial score (nSPS) is 11.8. The summed E-state index contributed by atoms with van der Waals surface area (Å²) in [6.45, 7) is 2.15. The SMILES string of the molecule is Cc1ccc(-c2cc(-c3cc4ccccc4n3C)c3ccc4cc(-c5ccccc5)cc5ccc2c3c54)cc1. The molecular weight excluding hydrogens is 470 g/mol. The Kier molecular flexibility index (Phi) is 4.72. The van der Waals surface area contributed by atoms with Crippen LogP contribution in [0, 0.1) is 6.92 Å². The standard InChI is InChI=1S/C38H27N/c1-24-12-14-26(15-13-24)33-23-34(36-22-27-10-6-7-11-35(27)39(36)2)32-19-17-29-21-30(25-8-4-3-5-9-25)20-28-16-18-31(33)38(32)37(28)29/h3-23H,1-2H3. The van der Waals surface area contributed by atoms with E-state index in [4.69, 9.17) is 0 Å². The molecule has 0 atom stereocenters. The summed E-state index contributed by atoms with van der Waals surface area (Å²) in [7, 11) is 2.19. The lowest BCUT2D eigenvalue weighted by Gasteiger charge is -2.19. The molecule has 8 aromatic rings. The molecule has 0 saturated carbocycles. The van der Waals surface area contributed by atoms with Crippen molar-refractivity contribution in [2.75, 3.05) is 0 Å². The minimum absolute atomic E-state index is 1.24. The fourth-order valence-corrected chi connectivity index (χ4v) is 6.44. The number of hydrogen-bond acceptors (Lipinski definition) is 0. The fraction of sp³-hybridized carbons (Fsp3) is 0.0526. The highest BCUT2D eigenvalue weighted by molar-refractivity contribution is 6.28. The molecule has 0 unspecified atom stereocenters. The van der Waals surface area contributed by atoms with E-state index in [1.807, 2.05) is 0 Å². The van der Waals surface area contributed by atoms with Crippen LogP contribution >= 0.6 is 0 Å². The quantitative estimate of drug-likeness (QED) is 0.214. The summed E-state index contributed by atoms with van der Waals surface area (Å²) in [5.74, 6) is 0. The third-order valence-corrected chi connectivity index (χ3v) is 8.41. The molecule has 1 heterocycles. The lowest BCUT2D eigenvalue weighted by atomic mass is 9.85. The largest absolute Gasteiger partial charge is 0.344 e. The fourth-order valence-electron chi connectivity index (χ4n) is 6.44. The van der Waals surface area contributed by atoms with Crippen LogP contribution < -0.4 is 0 Å². The first-order chi connectivity index (χ1) is 19.2. The maximum atomic E-state index is 2.41. The second kappa shape index (κ2) is 8.31. The average Bonchev–Trinajstić information content (AvgIpc) is 3.32. The maximum absolute atomic E-state index is 2.41. The first-order valence-electron chi connectivity index (χ1n) is 13.6. The van der Waals surface area contributed by atoms with E-state index in [-0.39, 0.29) is 0 Å². The molecule has 0 spiro atoms. The van der Waals surface area contributed by atoms with Crippen molar-refractivity contribution in [1.29, 1.82) is 0 Å². The smallest absolute Gasteiger partial charge is 0.0495 e. The number of benzene rings is 7. The molecule has 184 valence electrons. The van der Waals surface area contributed by atoms with E-state index in [0.717, 1.165) is 0 Å². The Morgan fingerprint density at radius 1 is 0.462 bits per heavy atom. The van der Waals surface area contributed by atoms with E-state index in [2.05, 4.69) is 146 Å². The highest BCUT2D eigenvalue weighted by Gasteiger charge is 2.19. The van der Waals surface area contributed by atoms with E-state index >= 15 is 0 Å². The number of aromatic nitrogens is 1. The summed E-state index contributed by atoms with van der Waals surface area (Å²) in [5, 5.41) is 9.15. The van der Waals surface area contributed by atoms with Crippen LogP contribution in [0.15, 0.2) is 127 Å². The van der Waals surface area contributed by atoms with Gasteiger partial charge in [-0.15, -0.1) is 0 Å². The maximum Gasteiger partial charge on any atom is 0.0495 e. The average molecular weight is 498 g/mol. The third-order valence-electron chi connectivity index (χ3n) is 8.41. The molecule has 1 heteroatoms. The van der Waals surface area contributed by atoms with Crippen LogP contribution in [0.1, 0.15) is 5.56 Å². The molecule has 7 aromatic carbocycles. The van der Waals surface area contributed by atoms with Crippen LogP contribution in [-0.4, -0.2) is 4.57 Å². The van der Waals surface area contributed by atoms with E-state index in [1.54, 1.807) is 0 Å². The minimum atomic E-state index is 1.24. The number of aryl methyl sites for hydroxylation is 2. The number of nitrogens with zero attached hydrogens (tertiary/aromatic N) is 1. The molecule has 39 heavy (non-hydrogen) atoms. The zero-order valence-corrected chi connectivity index (χ0v) is 22.1. The molecule has 1 nitrogen and oxygen atoms in total. The molecule has 1 aromatic heterocycles. The Bertz CT molecular complexity index is 2140. The van der Waals surface area contributed by atoms with Gasteiger partial charge < -0.3 is 4.57 Å². The van der Waals surface area contributed by atoms with Crippen LogP contribution in [-0.2, 0) is 7.05 Å². The van der Waals surface area contributed by atoms with Crippen LogP contribution in [0.4, 0.5) is 0 Å². The van der Waals surface area contributed by atoms with E-state index in [9.17, 15) is 0 Å². The Balaban J connectivity index is 1.51. The number of para-hydroxylation sites is 1. The molecule has 0 radical (unpaired) electrons. The molecule has 0 amide bonds. The molecule has 0 aliphatic carbocycles. The van der Waals surface area contributed by atoms with Crippen LogP contribution in [0.3, 0.4) is 0 Å². The van der Waals surface area contributed by atoms with Crippen molar-refractivity contribution < 1.29 is 0 Å². The molecule has 0 aliphatic heterocycles. The molecule has 0 fully saturated rings. The summed E-state index contributed by atoms with van der Waals surface area (Å²) in [6, 6.07) is 47.1. The molecule has 0 saturated heterocycles. The van der Waals surface area contributed by atoms with Gasteiger partial charge in [-0.2, -0.15) is 0 Å². The molecular formula is C38H27N. The lowest BCUT2D eigenvalue weighted by Crippen LogP contribution is -1.95. The third kappa shape index (κ3) is 3.33. The molecule has 8 rings (SSSR count). The van der Waals surface area contributed by atoms with Crippen molar-refractivity contribution in [3.05, 3.63) is 133 Å². The van der Waals surface area contributed by atoms with Crippen LogP contribution in [0.5, 0.6) is 0 Å². The molecule has 0 aliphatic rings. The van der Waals surface area contributed by atoms with Gasteiger partial charge in [0.15, 0.2) is 0 Å². The van der Waals surface area contributed by atoms with Gasteiger partial charge in [0.1, 0.15) is 0 Å². The highest BCUT2D eigenvalue weighted by Crippen LogP contribution is 2.45. The van der Waals surface area contributed by atoms with Gasteiger partial charge in [-0.05, 0) is 91.8 Å². The predicted octanol–water partition coefficient (Wildman–Crippen LogP) is 10.4. The monoisotopic (exact) mass is 497 g/mol.